The second-order valence-electron chi connectivity index (χ2n) is 7.25. The predicted octanol–water partition coefficient (Wildman–Crippen LogP) is 4.57. The molecule has 156 valence electrons. The Morgan fingerprint density at radius 2 is 1.97 bits per heavy atom. The third-order valence-electron chi connectivity index (χ3n) is 4.68. The fraction of sp³-hybridized carbons (Fsp3) is 0.160. The van der Waals surface area contributed by atoms with Crippen molar-refractivity contribution in [2.45, 2.75) is 13.3 Å². The van der Waals surface area contributed by atoms with Gasteiger partial charge >= 0.3 is 0 Å². The Hall–Kier alpha value is -3.93. The normalized spacial score (nSPS) is 13.4. The number of hydrogen-bond donors (Lipinski definition) is 2. The van der Waals surface area contributed by atoms with Gasteiger partial charge in [-0.3, -0.25) is 14.8 Å². The second-order valence-corrected chi connectivity index (χ2v) is 7.25. The van der Waals surface area contributed by atoms with E-state index >= 15 is 0 Å². The van der Waals surface area contributed by atoms with Crippen molar-refractivity contribution in [3.63, 3.8) is 0 Å². The highest BCUT2D eigenvalue weighted by atomic mass is 16.5. The van der Waals surface area contributed by atoms with Gasteiger partial charge in [0.05, 0.1) is 0 Å². The minimum atomic E-state index is -0.184. The average molecular weight is 412 g/mol. The van der Waals surface area contributed by atoms with Gasteiger partial charge in [0.15, 0.2) is 0 Å². The number of pyridine rings is 1. The summed E-state index contributed by atoms with van der Waals surface area (Å²) in [6, 6.07) is 18.9. The summed E-state index contributed by atoms with van der Waals surface area (Å²) < 4.78 is 6.01. The number of carbonyl (C=O) groups excluding carboxylic acids is 1. The summed E-state index contributed by atoms with van der Waals surface area (Å²) in [4.78, 5) is 21.1. The molecule has 31 heavy (non-hydrogen) atoms. The smallest absolute Gasteiger partial charge is 0.248 e. The summed E-state index contributed by atoms with van der Waals surface area (Å²) in [5.74, 6) is 1.97. The van der Waals surface area contributed by atoms with E-state index in [2.05, 4.69) is 20.6 Å². The van der Waals surface area contributed by atoms with E-state index < -0.39 is 0 Å². The van der Waals surface area contributed by atoms with Crippen LogP contribution in [0.1, 0.15) is 23.2 Å². The van der Waals surface area contributed by atoms with E-state index in [0.29, 0.717) is 11.5 Å². The second kappa shape index (κ2) is 9.71. The summed E-state index contributed by atoms with van der Waals surface area (Å²) in [6.07, 6.45) is 6.02. The van der Waals surface area contributed by atoms with E-state index in [1.807, 2.05) is 67.6 Å². The zero-order valence-corrected chi connectivity index (χ0v) is 17.3. The van der Waals surface area contributed by atoms with Crippen LogP contribution in [0.4, 0.5) is 5.69 Å². The van der Waals surface area contributed by atoms with Gasteiger partial charge in [-0.15, -0.1) is 0 Å². The molecule has 0 atom stereocenters. The van der Waals surface area contributed by atoms with Gasteiger partial charge in [0.2, 0.25) is 5.91 Å². The number of aromatic nitrogens is 1. The van der Waals surface area contributed by atoms with Crippen LogP contribution in [-0.4, -0.2) is 29.8 Å². The lowest BCUT2D eigenvalue weighted by Gasteiger charge is -2.14. The number of amidine groups is 1. The van der Waals surface area contributed by atoms with Gasteiger partial charge in [0.1, 0.15) is 23.0 Å². The maximum atomic E-state index is 12.2. The summed E-state index contributed by atoms with van der Waals surface area (Å²) in [5, 5.41) is 6.13. The number of rotatable bonds is 6. The van der Waals surface area contributed by atoms with Crippen LogP contribution in [0.2, 0.25) is 0 Å². The Bertz CT molecular complexity index is 1140. The van der Waals surface area contributed by atoms with E-state index in [-0.39, 0.29) is 5.91 Å². The summed E-state index contributed by atoms with van der Waals surface area (Å²) in [7, 11) is 0. The highest BCUT2D eigenvalue weighted by Gasteiger charge is 2.09. The lowest BCUT2D eigenvalue weighted by atomic mass is 10.2. The van der Waals surface area contributed by atoms with Crippen LogP contribution in [0.5, 0.6) is 11.5 Å². The van der Waals surface area contributed by atoms with Crippen molar-refractivity contribution >= 4 is 23.5 Å². The first kappa shape index (κ1) is 20.3. The van der Waals surface area contributed by atoms with Crippen LogP contribution in [-0.2, 0) is 4.79 Å². The van der Waals surface area contributed by atoms with Crippen molar-refractivity contribution in [1.82, 2.24) is 10.3 Å². The zero-order chi connectivity index (χ0) is 21.5. The van der Waals surface area contributed by atoms with Crippen LogP contribution in [0.25, 0.3) is 6.08 Å². The highest BCUT2D eigenvalue weighted by Crippen LogP contribution is 2.23. The third-order valence-corrected chi connectivity index (χ3v) is 4.68. The molecule has 4 rings (SSSR count). The quantitative estimate of drug-likeness (QED) is 0.582. The van der Waals surface area contributed by atoms with E-state index in [9.17, 15) is 4.79 Å². The first-order valence-electron chi connectivity index (χ1n) is 10.2. The molecule has 0 aliphatic carbocycles. The average Bonchev–Trinajstić information content (AvgIpc) is 2.79. The number of benzene rings is 2. The Morgan fingerprint density at radius 1 is 1.10 bits per heavy atom. The number of aryl methyl sites for hydroxylation is 1. The Morgan fingerprint density at radius 3 is 2.81 bits per heavy atom. The van der Waals surface area contributed by atoms with Crippen LogP contribution in [0.3, 0.4) is 0 Å². The number of anilines is 1. The minimum absolute atomic E-state index is 0.184. The molecule has 0 bridgehead atoms. The number of nitrogens with one attached hydrogen (secondary N) is 2. The van der Waals surface area contributed by atoms with Crippen LogP contribution < -0.4 is 15.4 Å². The molecular weight excluding hydrogens is 388 g/mol. The van der Waals surface area contributed by atoms with Crippen molar-refractivity contribution in [1.29, 1.82) is 0 Å². The summed E-state index contributed by atoms with van der Waals surface area (Å²) in [5.41, 5.74) is 3.50. The molecule has 3 aromatic rings. The first-order chi connectivity index (χ1) is 15.2. The Balaban J connectivity index is 1.42. The molecule has 2 aromatic carbocycles. The molecule has 0 radical (unpaired) electrons. The van der Waals surface area contributed by atoms with Gasteiger partial charge in [-0.1, -0.05) is 24.3 Å². The monoisotopic (exact) mass is 412 g/mol. The molecule has 1 aliphatic heterocycles. The van der Waals surface area contributed by atoms with Crippen molar-refractivity contribution < 1.29 is 9.53 Å². The van der Waals surface area contributed by atoms with Gasteiger partial charge in [-0.05, 0) is 60.9 Å². The molecule has 1 amide bonds. The standard InChI is InChI=1S/C25H24N4O2/c1-18-5-2-7-20(15-18)29-24(30)10-9-19-6-3-8-21(16-19)31-22-11-14-26-23(17-22)25-27-12-4-13-28-25/h2-3,5-11,14-17H,4,12-13H2,1H3,(H,27,28)(H,29,30)/b10-9+. The fourth-order valence-electron chi connectivity index (χ4n) is 3.20. The summed E-state index contributed by atoms with van der Waals surface area (Å²) >= 11 is 0. The molecule has 1 aliphatic rings. The summed E-state index contributed by atoms with van der Waals surface area (Å²) in [6.45, 7) is 3.69. The zero-order valence-electron chi connectivity index (χ0n) is 17.3. The largest absolute Gasteiger partial charge is 0.457 e. The molecule has 6 nitrogen and oxygen atoms in total. The Labute approximate surface area is 181 Å². The predicted molar refractivity (Wildman–Crippen MR) is 124 cm³/mol. The molecule has 2 N–H and O–H groups in total. The number of hydrogen-bond acceptors (Lipinski definition) is 5. The lowest BCUT2D eigenvalue weighted by molar-refractivity contribution is -0.111. The SMILES string of the molecule is Cc1cccc(NC(=O)/C=C/c2cccc(Oc3ccnc(C4=NCCCN4)c3)c2)c1. The number of carbonyl (C=O) groups is 1. The molecule has 2 heterocycles. The maximum Gasteiger partial charge on any atom is 0.248 e. The van der Waals surface area contributed by atoms with Crippen molar-refractivity contribution in [2.75, 3.05) is 18.4 Å². The van der Waals surface area contributed by atoms with Gasteiger partial charge in [0, 0.05) is 37.1 Å². The first-order valence-corrected chi connectivity index (χ1v) is 10.2. The molecular formula is C25H24N4O2. The van der Waals surface area contributed by atoms with E-state index in [1.54, 1.807) is 12.3 Å². The fourth-order valence-corrected chi connectivity index (χ4v) is 3.20. The molecule has 0 spiro atoms. The minimum Gasteiger partial charge on any atom is -0.457 e. The van der Waals surface area contributed by atoms with Gasteiger partial charge in [0.25, 0.3) is 0 Å². The molecule has 0 saturated carbocycles. The molecule has 1 aromatic heterocycles. The number of amides is 1. The van der Waals surface area contributed by atoms with Crippen LogP contribution >= 0.6 is 0 Å². The van der Waals surface area contributed by atoms with Crippen molar-refractivity contribution in [3.05, 3.63) is 89.8 Å². The highest BCUT2D eigenvalue weighted by molar-refractivity contribution is 6.02. The molecule has 6 heteroatoms. The van der Waals surface area contributed by atoms with E-state index in [4.69, 9.17) is 4.74 Å². The van der Waals surface area contributed by atoms with Crippen LogP contribution in [0.15, 0.2) is 77.9 Å². The third kappa shape index (κ3) is 5.79. The maximum absolute atomic E-state index is 12.2. The van der Waals surface area contributed by atoms with Gasteiger partial charge < -0.3 is 15.4 Å². The van der Waals surface area contributed by atoms with Crippen molar-refractivity contribution in [2.24, 2.45) is 4.99 Å². The van der Waals surface area contributed by atoms with Gasteiger partial charge in [-0.2, -0.15) is 0 Å². The lowest BCUT2D eigenvalue weighted by Crippen LogP contribution is -2.30. The van der Waals surface area contributed by atoms with Gasteiger partial charge in [-0.25, -0.2) is 0 Å². The van der Waals surface area contributed by atoms with Crippen molar-refractivity contribution in [3.8, 4) is 11.5 Å². The van der Waals surface area contributed by atoms with E-state index in [1.165, 1.54) is 6.08 Å². The topological polar surface area (TPSA) is 75.6 Å². The van der Waals surface area contributed by atoms with E-state index in [0.717, 1.165) is 47.9 Å². The molecule has 0 unspecified atom stereocenters. The Kier molecular flexibility index (Phi) is 6.38. The number of aliphatic imine (C=N–C) groups is 1. The van der Waals surface area contributed by atoms with Crippen LogP contribution in [0, 0.1) is 6.92 Å². The number of nitrogens with zero attached hydrogens (tertiary/aromatic N) is 2. The molecule has 0 saturated heterocycles. The molecule has 0 fully saturated rings. The number of ether oxygens (including phenoxy) is 1.